The minimum Gasteiger partial charge on any atom is -0.495 e. The highest BCUT2D eigenvalue weighted by atomic mass is 35.5. The van der Waals surface area contributed by atoms with Crippen LogP contribution in [0.5, 0.6) is 5.75 Å². The number of carbonyl (C=O) groups excluding carboxylic acids is 1. The quantitative estimate of drug-likeness (QED) is 0.875. The van der Waals surface area contributed by atoms with Crippen LogP contribution >= 0.6 is 11.6 Å². The van der Waals surface area contributed by atoms with Crippen LogP contribution in [0.25, 0.3) is 0 Å². The minimum absolute atomic E-state index is 0.110. The van der Waals surface area contributed by atoms with E-state index in [1.807, 2.05) is 0 Å². The average Bonchev–Trinajstić information content (AvgIpc) is 2.43. The van der Waals surface area contributed by atoms with Crippen molar-refractivity contribution >= 4 is 23.2 Å². The van der Waals surface area contributed by atoms with Gasteiger partial charge in [0.2, 0.25) is 5.91 Å². The molecule has 0 aliphatic carbocycles. The second-order valence-electron chi connectivity index (χ2n) is 4.30. The largest absolute Gasteiger partial charge is 0.495 e. The molecule has 0 unspecified atom stereocenters. The summed E-state index contributed by atoms with van der Waals surface area (Å²) in [7, 11) is 1.52. The minimum atomic E-state index is -0.373. The zero-order valence-corrected chi connectivity index (χ0v) is 12.3. The van der Waals surface area contributed by atoms with Crippen molar-refractivity contribution in [2.24, 2.45) is 0 Å². The molecule has 2 aromatic rings. The molecule has 110 valence electrons. The molecule has 1 amide bonds. The number of nitrogens with one attached hydrogen (secondary N) is 1. The fourth-order valence-corrected chi connectivity index (χ4v) is 2.08. The number of para-hydroxylation sites is 2. The number of halogens is 1. The van der Waals surface area contributed by atoms with Crippen molar-refractivity contribution in [2.45, 2.75) is 13.5 Å². The Morgan fingerprint density at radius 1 is 1.43 bits per heavy atom. The SMILES string of the molecule is COc1ccccc1NC(=O)Cn1c(C)nc(Cl)cc1=O. The van der Waals surface area contributed by atoms with Gasteiger partial charge in [-0.15, -0.1) is 0 Å². The van der Waals surface area contributed by atoms with E-state index in [0.717, 1.165) is 0 Å². The van der Waals surface area contributed by atoms with Gasteiger partial charge in [0.05, 0.1) is 12.8 Å². The zero-order valence-electron chi connectivity index (χ0n) is 11.6. The van der Waals surface area contributed by atoms with Crippen LogP contribution in [0, 0.1) is 6.92 Å². The molecule has 1 aromatic carbocycles. The lowest BCUT2D eigenvalue weighted by Crippen LogP contribution is -2.29. The molecule has 0 aliphatic heterocycles. The molecule has 0 aliphatic rings. The third-order valence-electron chi connectivity index (χ3n) is 2.85. The van der Waals surface area contributed by atoms with Crippen molar-refractivity contribution in [2.75, 3.05) is 12.4 Å². The number of ether oxygens (including phenoxy) is 1. The first-order valence-electron chi connectivity index (χ1n) is 6.18. The number of hydrogen-bond acceptors (Lipinski definition) is 4. The molecule has 0 bridgehead atoms. The van der Waals surface area contributed by atoms with Crippen LogP contribution in [0.3, 0.4) is 0 Å². The summed E-state index contributed by atoms with van der Waals surface area (Å²) in [5.41, 5.74) is 0.167. The van der Waals surface area contributed by atoms with E-state index in [1.54, 1.807) is 31.2 Å². The second-order valence-corrected chi connectivity index (χ2v) is 4.69. The third kappa shape index (κ3) is 3.61. The Morgan fingerprint density at radius 3 is 2.81 bits per heavy atom. The summed E-state index contributed by atoms with van der Waals surface area (Å²) >= 11 is 5.69. The highest BCUT2D eigenvalue weighted by molar-refractivity contribution is 6.29. The van der Waals surface area contributed by atoms with E-state index >= 15 is 0 Å². The molecular formula is C14H14ClN3O3. The Bertz CT molecular complexity index is 728. The van der Waals surface area contributed by atoms with Gasteiger partial charge in [0, 0.05) is 6.07 Å². The van der Waals surface area contributed by atoms with Crippen molar-refractivity contribution in [1.82, 2.24) is 9.55 Å². The summed E-state index contributed by atoms with van der Waals surface area (Å²) in [6.07, 6.45) is 0. The predicted molar refractivity (Wildman–Crippen MR) is 79.9 cm³/mol. The average molecular weight is 308 g/mol. The van der Waals surface area contributed by atoms with Gasteiger partial charge in [-0.2, -0.15) is 0 Å². The van der Waals surface area contributed by atoms with Crippen LogP contribution in [0.15, 0.2) is 35.1 Å². The molecule has 2 rings (SSSR count). The van der Waals surface area contributed by atoms with Crippen LogP contribution in [0.1, 0.15) is 5.82 Å². The van der Waals surface area contributed by atoms with Gasteiger partial charge < -0.3 is 10.1 Å². The topological polar surface area (TPSA) is 73.2 Å². The Labute approximate surface area is 126 Å². The van der Waals surface area contributed by atoms with Crippen molar-refractivity contribution < 1.29 is 9.53 Å². The van der Waals surface area contributed by atoms with Gasteiger partial charge in [-0.25, -0.2) is 4.98 Å². The van der Waals surface area contributed by atoms with E-state index in [1.165, 1.54) is 17.7 Å². The summed E-state index contributed by atoms with van der Waals surface area (Å²) < 4.78 is 6.39. The lowest BCUT2D eigenvalue weighted by molar-refractivity contribution is -0.116. The predicted octanol–water partition coefficient (Wildman–Crippen LogP) is 1.85. The number of amides is 1. The number of benzene rings is 1. The molecule has 0 atom stereocenters. The van der Waals surface area contributed by atoms with Crippen LogP contribution in [-0.2, 0) is 11.3 Å². The molecule has 0 saturated heterocycles. The number of anilines is 1. The maximum absolute atomic E-state index is 12.1. The molecule has 1 N–H and O–H groups in total. The number of aryl methyl sites for hydroxylation is 1. The molecule has 1 aromatic heterocycles. The molecule has 21 heavy (non-hydrogen) atoms. The van der Waals surface area contributed by atoms with Gasteiger partial charge in [0.1, 0.15) is 23.3 Å². The normalized spacial score (nSPS) is 10.2. The van der Waals surface area contributed by atoms with Crippen molar-refractivity contribution in [3.63, 3.8) is 0 Å². The first-order valence-corrected chi connectivity index (χ1v) is 6.56. The van der Waals surface area contributed by atoms with Gasteiger partial charge in [-0.05, 0) is 19.1 Å². The van der Waals surface area contributed by atoms with Gasteiger partial charge in [-0.3, -0.25) is 14.2 Å². The number of methoxy groups -OCH3 is 1. The molecule has 0 spiro atoms. The van der Waals surface area contributed by atoms with E-state index in [9.17, 15) is 9.59 Å². The maximum Gasteiger partial charge on any atom is 0.255 e. The Balaban J connectivity index is 2.18. The number of rotatable bonds is 4. The van der Waals surface area contributed by atoms with E-state index in [4.69, 9.17) is 16.3 Å². The maximum atomic E-state index is 12.1. The summed E-state index contributed by atoms with van der Waals surface area (Å²) in [5.74, 6) is 0.570. The molecule has 0 saturated carbocycles. The van der Waals surface area contributed by atoms with E-state index in [-0.39, 0.29) is 23.2 Å². The highest BCUT2D eigenvalue weighted by Crippen LogP contribution is 2.22. The smallest absolute Gasteiger partial charge is 0.255 e. The monoisotopic (exact) mass is 307 g/mol. The third-order valence-corrected chi connectivity index (χ3v) is 3.04. The Kier molecular flexibility index (Phi) is 4.59. The second kappa shape index (κ2) is 6.41. The first kappa shape index (κ1) is 15.1. The molecule has 0 radical (unpaired) electrons. The van der Waals surface area contributed by atoms with Gasteiger partial charge >= 0.3 is 0 Å². The van der Waals surface area contributed by atoms with E-state index < -0.39 is 0 Å². The summed E-state index contributed by atoms with van der Waals surface area (Å²) in [6, 6.07) is 8.19. The summed E-state index contributed by atoms with van der Waals surface area (Å²) in [6.45, 7) is 1.47. The van der Waals surface area contributed by atoms with Crippen LogP contribution in [-0.4, -0.2) is 22.6 Å². The summed E-state index contributed by atoms with van der Waals surface area (Å²) in [5, 5.41) is 2.80. The van der Waals surface area contributed by atoms with Gasteiger partial charge in [-0.1, -0.05) is 23.7 Å². The molecule has 6 nitrogen and oxygen atoms in total. The van der Waals surface area contributed by atoms with E-state index in [2.05, 4.69) is 10.3 Å². The molecule has 1 heterocycles. The Hall–Kier alpha value is -2.34. The fourth-order valence-electron chi connectivity index (χ4n) is 1.86. The van der Waals surface area contributed by atoms with Crippen molar-refractivity contribution in [1.29, 1.82) is 0 Å². The van der Waals surface area contributed by atoms with Crippen LogP contribution in [0.2, 0.25) is 5.15 Å². The number of nitrogens with zero attached hydrogens (tertiary/aromatic N) is 2. The lowest BCUT2D eigenvalue weighted by Gasteiger charge is -2.12. The fraction of sp³-hybridized carbons (Fsp3) is 0.214. The zero-order chi connectivity index (χ0) is 15.4. The van der Waals surface area contributed by atoms with Crippen LogP contribution in [0.4, 0.5) is 5.69 Å². The molecular weight excluding hydrogens is 294 g/mol. The van der Waals surface area contributed by atoms with Crippen LogP contribution < -0.4 is 15.6 Å². The lowest BCUT2D eigenvalue weighted by atomic mass is 10.3. The first-order chi connectivity index (χ1) is 10.0. The standard InChI is InChI=1S/C14H14ClN3O3/c1-9-16-12(15)7-14(20)18(9)8-13(19)17-10-5-3-4-6-11(10)21-2/h3-7H,8H2,1-2H3,(H,17,19). The summed E-state index contributed by atoms with van der Waals surface area (Å²) in [4.78, 5) is 27.8. The van der Waals surface area contributed by atoms with E-state index in [0.29, 0.717) is 17.3 Å². The van der Waals surface area contributed by atoms with Crippen molar-refractivity contribution in [3.8, 4) is 5.75 Å². The number of aromatic nitrogens is 2. The molecule has 0 fully saturated rings. The van der Waals surface area contributed by atoms with Crippen molar-refractivity contribution in [3.05, 3.63) is 51.7 Å². The highest BCUT2D eigenvalue weighted by Gasteiger charge is 2.11. The Morgan fingerprint density at radius 2 is 2.14 bits per heavy atom. The van der Waals surface area contributed by atoms with Gasteiger partial charge in [0.15, 0.2) is 0 Å². The molecule has 7 heteroatoms. The number of hydrogen-bond donors (Lipinski definition) is 1. The number of carbonyl (C=O) groups is 1. The van der Waals surface area contributed by atoms with Gasteiger partial charge in [0.25, 0.3) is 5.56 Å².